The van der Waals surface area contributed by atoms with E-state index in [0.29, 0.717) is 6.42 Å². The first-order valence-corrected chi connectivity index (χ1v) is 12.1. The topological polar surface area (TPSA) is 30.9 Å². The van der Waals surface area contributed by atoms with Gasteiger partial charge in [-0.1, -0.05) is 53.6 Å². The van der Waals surface area contributed by atoms with Crippen molar-refractivity contribution in [3.8, 4) is 28.5 Å². The van der Waals surface area contributed by atoms with Crippen LogP contribution >= 0.6 is 11.6 Å². The van der Waals surface area contributed by atoms with E-state index in [0.717, 1.165) is 45.3 Å². The summed E-state index contributed by atoms with van der Waals surface area (Å²) in [5.41, 5.74) is 9.16. The maximum atomic E-state index is 8.82. The maximum absolute atomic E-state index is 8.82. The highest BCUT2D eigenvalue weighted by atomic mass is 127. The number of pyridine rings is 1. The molecule has 4 rings (SSSR count). The first-order chi connectivity index (χ1) is 16.9. The van der Waals surface area contributed by atoms with Gasteiger partial charge in [-0.2, -0.15) is 9.83 Å². The maximum Gasteiger partial charge on any atom is 0.213 e. The van der Waals surface area contributed by atoms with E-state index < -0.39 is 0 Å². The molecule has 0 atom stereocenters. The Morgan fingerprint density at radius 3 is 2.14 bits per heavy atom. The van der Waals surface area contributed by atoms with Gasteiger partial charge in [0, 0.05) is 48.1 Å². The molecule has 0 amide bonds. The van der Waals surface area contributed by atoms with Gasteiger partial charge in [0.25, 0.3) is 0 Å². The second-order valence-corrected chi connectivity index (χ2v) is 9.18. The predicted octanol–water partition coefficient (Wildman–Crippen LogP) is 4.33. The molecule has 0 saturated carbocycles. The van der Waals surface area contributed by atoms with Crippen molar-refractivity contribution in [1.82, 2.24) is 0 Å². The van der Waals surface area contributed by atoms with Crippen LogP contribution in [0.4, 0.5) is 5.69 Å². The lowest BCUT2D eigenvalue weighted by Crippen LogP contribution is -3.00. The third-order valence-corrected chi connectivity index (χ3v) is 6.46. The van der Waals surface area contributed by atoms with Gasteiger partial charge in [-0.05, 0) is 66.1 Å². The molecule has 0 radical (unpaired) electrons. The van der Waals surface area contributed by atoms with E-state index in [1.807, 2.05) is 19.2 Å². The Balaban J connectivity index is 0.00000361. The van der Waals surface area contributed by atoms with Gasteiger partial charge in [-0.15, -0.1) is 0 Å². The number of hydrogen-bond acceptors (Lipinski definition) is 2. The van der Waals surface area contributed by atoms with Crippen LogP contribution in [0.2, 0.25) is 5.02 Å². The van der Waals surface area contributed by atoms with Crippen LogP contribution in [0.1, 0.15) is 23.2 Å². The number of hydrogen-bond donors (Lipinski definition) is 0. The van der Waals surface area contributed by atoms with Crippen molar-refractivity contribution in [1.29, 1.82) is 5.26 Å². The van der Waals surface area contributed by atoms with Crippen LogP contribution in [-0.4, -0.2) is 13.6 Å². The fraction of sp³-hybridized carbons (Fsp3) is 0.161. The summed E-state index contributed by atoms with van der Waals surface area (Å²) in [4.78, 5) is 2.10. The van der Waals surface area contributed by atoms with Gasteiger partial charge in [0.1, 0.15) is 7.05 Å². The minimum Gasteiger partial charge on any atom is -1.00 e. The molecule has 182 valence electrons. The minimum absolute atomic E-state index is 0. The lowest BCUT2D eigenvalue weighted by Gasteiger charge is -2.17. The SMILES string of the molecule is Cc1ccc(-c2cc(-c3ccc(Cl)cc3)cc(/C=C/c3ccc(N(C)CCC#N)cc3)[n+]2C)cc1.[I-]. The summed E-state index contributed by atoms with van der Waals surface area (Å²) < 4.78 is 2.23. The van der Waals surface area contributed by atoms with Crippen LogP contribution in [0.25, 0.3) is 34.5 Å². The zero-order valence-corrected chi connectivity index (χ0v) is 23.7. The molecule has 0 unspecified atom stereocenters. The van der Waals surface area contributed by atoms with Crippen LogP contribution in [0.5, 0.6) is 0 Å². The minimum atomic E-state index is 0. The normalized spacial score (nSPS) is 10.6. The molecule has 3 aromatic carbocycles. The van der Waals surface area contributed by atoms with Gasteiger partial charge in [0.15, 0.2) is 0 Å². The van der Waals surface area contributed by atoms with Crippen molar-refractivity contribution in [2.45, 2.75) is 13.3 Å². The molecule has 36 heavy (non-hydrogen) atoms. The zero-order valence-electron chi connectivity index (χ0n) is 20.7. The number of rotatable bonds is 7. The van der Waals surface area contributed by atoms with Crippen LogP contribution in [0.15, 0.2) is 84.9 Å². The van der Waals surface area contributed by atoms with E-state index in [4.69, 9.17) is 16.9 Å². The lowest BCUT2D eigenvalue weighted by atomic mass is 10.0. The molecule has 0 spiro atoms. The largest absolute Gasteiger partial charge is 1.00 e. The molecular formula is C31H29ClIN3. The number of halogens is 2. The molecular weight excluding hydrogens is 577 g/mol. The first-order valence-electron chi connectivity index (χ1n) is 11.7. The molecule has 4 aromatic rings. The van der Waals surface area contributed by atoms with Crippen LogP contribution < -0.4 is 33.4 Å². The number of aromatic nitrogens is 1. The molecule has 1 aromatic heterocycles. The third-order valence-electron chi connectivity index (χ3n) is 6.21. The summed E-state index contributed by atoms with van der Waals surface area (Å²) in [6, 6.07) is 31.7. The number of anilines is 1. The predicted molar refractivity (Wildman–Crippen MR) is 147 cm³/mol. The summed E-state index contributed by atoms with van der Waals surface area (Å²) in [7, 11) is 4.12. The molecule has 1 heterocycles. The average Bonchev–Trinajstić information content (AvgIpc) is 2.88. The molecule has 0 bridgehead atoms. The van der Waals surface area contributed by atoms with Crippen LogP contribution in [-0.2, 0) is 7.05 Å². The van der Waals surface area contributed by atoms with E-state index in [1.54, 1.807) is 0 Å². The number of nitrogens with zero attached hydrogens (tertiary/aromatic N) is 3. The van der Waals surface area contributed by atoms with E-state index >= 15 is 0 Å². The molecule has 5 heteroatoms. The van der Waals surface area contributed by atoms with Crippen molar-refractivity contribution in [3.05, 3.63) is 107 Å². The zero-order chi connectivity index (χ0) is 24.8. The standard InChI is InChI=1S/C31H29ClN3.HI/c1-23-5-10-26(11-6-23)31-22-27(25-12-14-28(32)15-13-25)21-30(35(31)3)18-9-24-7-16-29(17-8-24)34(2)20-4-19-33;/h5-18,21-22H,4,20H2,1-3H3;1H/q+1;/p-1. The van der Waals surface area contributed by atoms with E-state index in [2.05, 4.69) is 114 Å². The number of benzene rings is 3. The molecule has 0 aliphatic heterocycles. The first kappa shape index (κ1) is 27.4. The van der Waals surface area contributed by atoms with Gasteiger partial charge in [0.05, 0.1) is 12.5 Å². The molecule has 0 aliphatic rings. The Hall–Kier alpha value is -3.14. The molecule has 0 aliphatic carbocycles. The highest BCUT2D eigenvalue weighted by Crippen LogP contribution is 2.27. The molecule has 0 N–H and O–H groups in total. The fourth-order valence-electron chi connectivity index (χ4n) is 4.02. The van der Waals surface area contributed by atoms with Crippen LogP contribution in [0.3, 0.4) is 0 Å². The van der Waals surface area contributed by atoms with Gasteiger partial charge < -0.3 is 28.9 Å². The van der Waals surface area contributed by atoms with Crippen molar-refractivity contribution >= 4 is 29.4 Å². The summed E-state index contributed by atoms with van der Waals surface area (Å²) in [6.45, 7) is 2.83. The van der Waals surface area contributed by atoms with Crippen molar-refractivity contribution < 1.29 is 28.5 Å². The van der Waals surface area contributed by atoms with E-state index in [9.17, 15) is 0 Å². The number of nitriles is 1. The Morgan fingerprint density at radius 2 is 1.50 bits per heavy atom. The Kier molecular flexibility index (Phi) is 9.69. The molecule has 3 nitrogen and oxygen atoms in total. The Morgan fingerprint density at radius 1 is 0.861 bits per heavy atom. The third kappa shape index (κ3) is 6.75. The van der Waals surface area contributed by atoms with E-state index in [1.165, 1.54) is 11.1 Å². The van der Waals surface area contributed by atoms with Crippen molar-refractivity contribution in [2.75, 3.05) is 18.5 Å². The summed E-state index contributed by atoms with van der Waals surface area (Å²) in [6.07, 6.45) is 4.81. The van der Waals surface area contributed by atoms with E-state index in [-0.39, 0.29) is 24.0 Å². The van der Waals surface area contributed by atoms with Gasteiger partial charge in [-0.3, -0.25) is 0 Å². The Labute approximate surface area is 236 Å². The fourth-order valence-corrected chi connectivity index (χ4v) is 4.15. The quantitative estimate of drug-likeness (QED) is 0.232. The molecule has 0 saturated heterocycles. The summed E-state index contributed by atoms with van der Waals surface area (Å²) in [5, 5.41) is 9.55. The average molecular weight is 606 g/mol. The monoisotopic (exact) mass is 605 g/mol. The van der Waals surface area contributed by atoms with Gasteiger partial charge in [-0.25, -0.2) is 0 Å². The summed E-state index contributed by atoms with van der Waals surface area (Å²) in [5.74, 6) is 0. The van der Waals surface area contributed by atoms with Crippen molar-refractivity contribution in [3.63, 3.8) is 0 Å². The second kappa shape index (κ2) is 12.7. The smallest absolute Gasteiger partial charge is 0.213 e. The highest BCUT2D eigenvalue weighted by Gasteiger charge is 2.16. The lowest BCUT2D eigenvalue weighted by molar-refractivity contribution is -0.662. The number of aryl methyl sites for hydroxylation is 1. The van der Waals surface area contributed by atoms with Gasteiger partial charge in [0.2, 0.25) is 11.4 Å². The Bertz CT molecular complexity index is 1370. The summed E-state index contributed by atoms with van der Waals surface area (Å²) >= 11 is 6.14. The van der Waals surface area contributed by atoms with Crippen LogP contribution in [0, 0.1) is 18.3 Å². The van der Waals surface area contributed by atoms with Gasteiger partial charge >= 0.3 is 0 Å². The molecule has 0 fully saturated rings. The second-order valence-electron chi connectivity index (χ2n) is 8.74. The highest BCUT2D eigenvalue weighted by molar-refractivity contribution is 6.30. The van der Waals surface area contributed by atoms with Crippen molar-refractivity contribution in [2.24, 2.45) is 7.05 Å².